The number of imide groups is 1. The molecule has 1 aliphatic heterocycles. The van der Waals surface area contributed by atoms with Gasteiger partial charge in [0, 0.05) is 0 Å². The number of hydroxylamine groups is 2. The van der Waals surface area contributed by atoms with Crippen molar-refractivity contribution in [3.8, 4) is 0 Å². The Morgan fingerprint density at radius 2 is 1.40 bits per heavy atom. The van der Waals surface area contributed by atoms with E-state index in [1.165, 1.54) is 24.3 Å². The van der Waals surface area contributed by atoms with Gasteiger partial charge in [-0.05, 0) is 12.1 Å². The lowest BCUT2D eigenvalue weighted by Crippen LogP contribution is -2.44. The lowest BCUT2D eigenvalue weighted by atomic mass is 10.1. The minimum absolute atomic E-state index is 0.0929. The summed E-state index contributed by atoms with van der Waals surface area (Å²) in [5, 5.41) is -0.0929. The van der Waals surface area contributed by atoms with E-state index in [2.05, 4.69) is 4.84 Å². The van der Waals surface area contributed by atoms with Crippen LogP contribution in [-0.2, 0) is 4.84 Å². The molecule has 2 rings (SSSR count). The first-order valence-corrected chi connectivity index (χ1v) is 5.20. The molecule has 0 radical (unpaired) electrons. The van der Waals surface area contributed by atoms with Crippen molar-refractivity contribution in [3.05, 3.63) is 35.4 Å². The van der Waals surface area contributed by atoms with E-state index in [1.807, 2.05) is 0 Å². The lowest BCUT2D eigenvalue weighted by molar-refractivity contribution is -0.310. The van der Waals surface area contributed by atoms with Crippen LogP contribution in [0.1, 0.15) is 20.7 Å². The molecule has 4 nitrogen and oxygen atoms in total. The largest absolute Gasteiger partial charge is 0.455 e. The Kier molecular flexibility index (Phi) is 3.24. The molecule has 2 amide bonds. The van der Waals surface area contributed by atoms with Crippen LogP contribution in [0.25, 0.3) is 0 Å². The number of halogens is 5. The second-order valence-corrected chi connectivity index (χ2v) is 3.93. The zero-order valence-corrected chi connectivity index (χ0v) is 9.58. The molecule has 20 heavy (non-hydrogen) atoms. The molecule has 9 heteroatoms. The highest BCUT2D eigenvalue weighted by Gasteiger charge is 2.58. The van der Waals surface area contributed by atoms with Crippen LogP contribution < -0.4 is 0 Å². The van der Waals surface area contributed by atoms with E-state index >= 15 is 0 Å². The number of carbonyl (C=O) groups is 2. The maximum absolute atomic E-state index is 12.7. The van der Waals surface area contributed by atoms with Crippen molar-refractivity contribution < 1.29 is 36.4 Å². The number of nitrogens with zero attached hydrogens (tertiary/aromatic N) is 1. The Morgan fingerprint density at radius 1 is 0.950 bits per heavy atom. The van der Waals surface area contributed by atoms with E-state index in [0.29, 0.717) is 0 Å². The van der Waals surface area contributed by atoms with Crippen LogP contribution in [0.15, 0.2) is 24.3 Å². The topological polar surface area (TPSA) is 46.6 Å². The fraction of sp³-hybridized carbons (Fsp3) is 0.273. The fourth-order valence-electron chi connectivity index (χ4n) is 1.51. The molecule has 0 atom stereocenters. The van der Waals surface area contributed by atoms with Gasteiger partial charge in [0.1, 0.15) is 6.61 Å². The molecule has 0 unspecified atom stereocenters. The van der Waals surface area contributed by atoms with Gasteiger partial charge in [-0.1, -0.05) is 12.1 Å². The summed E-state index contributed by atoms with van der Waals surface area (Å²) in [5.74, 6) is -7.32. The maximum atomic E-state index is 12.7. The first-order chi connectivity index (χ1) is 9.15. The molecule has 1 aromatic carbocycles. The van der Waals surface area contributed by atoms with Crippen molar-refractivity contribution in [2.75, 3.05) is 6.61 Å². The predicted octanol–water partition coefficient (Wildman–Crippen LogP) is 2.41. The lowest BCUT2D eigenvalue weighted by Gasteiger charge is -2.21. The van der Waals surface area contributed by atoms with Crippen LogP contribution in [0.3, 0.4) is 0 Å². The van der Waals surface area contributed by atoms with Gasteiger partial charge in [-0.25, -0.2) is 0 Å². The molecule has 1 aliphatic rings. The summed E-state index contributed by atoms with van der Waals surface area (Å²) in [6.07, 6.45) is -5.83. The van der Waals surface area contributed by atoms with E-state index < -0.39 is 30.5 Å². The maximum Gasteiger partial charge on any atom is 0.455 e. The van der Waals surface area contributed by atoms with Gasteiger partial charge in [-0.2, -0.15) is 22.0 Å². The number of carbonyl (C=O) groups excluding carboxylic acids is 2. The summed E-state index contributed by atoms with van der Waals surface area (Å²) in [4.78, 5) is 27.3. The molecule has 108 valence electrons. The van der Waals surface area contributed by atoms with Crippen LogP contribution in [0, 0.1) is 0 Å². The molecule has 0 saturated carbocycles. The minimum atomic E-state index is -5.83. The van der Waals surface area contributed by atoms with Crippen LogP contribution in [0.5, 0.6) is 0 Å². The number of amides is 2. The summed E-state index contributed by atoms with van der Waals surface area (Å²) in [6, 6.07) is 5.30. The molecule has 1 aromatic rings. The van der Waals surface area contributed by atoms with Gasteiger partial charge in [-0.15, -0.1) is 5.06 Å². The number of benzene rings is 1. The Balaban J connectivity index is 2.14. The summed E-state index contributed by atoms with van der Waals surface area (Å²) >= 11 is 0. The molecule has 1 heterocycles. The van der Waals surface area contributed by atoms with Crippen molar-refractivity contribution in [1.29, 1.82) is 0 Å². The van der Waals surface area contributed by atoms with Crippen molar-refractivity contribution in [3.63, 3.8) is 0 Å². The van der Waals surface area contributed by atoms with Gasteiger partial charge < -0.3 is 0 Å². The number of fused-ring (bicyclic) bond motifs is 1. The molecule has 0 bridgehead atoms. The zero-order valence-electron chi connectivity index (χ0n) is 9.58. The van der Waals surface area contributed by atoms with Gasteiger partial charge >= 0.3 is 12.1 Å². The predicted molar refractivity (Wildman–Crippen MR) is 53.9 cm³/mol. The van der Waals surface area contributed by atoms with Gasteiger partial charge in [0.15, 0.2) is 0 Å². The van der Waals surface area contributed by atoms with E-state index in [1.54, 1.807) is 0 Å². The van der Waals surface area contributed by atoms with Crippen molar-refractivity contribution in [2.45, 2.75) is 12.1 Å². The highest BCUT2D eigenvalue weighted by molar-refractivity contribution is 6.20. The molecule has 0 N–H and O–H groups in total. The average molecular weight is 295 g/mol. The highest BCUT2D eigenvalue weighted by atomic mass is 19.4. The third-order valence-corrected chi connectivity index (χ3v) is 2.55. The second-order valence-electron chi connectivity index (χ2n) is 3.93. The van der Waals surface area contributed by atoms with E-state index in [0.717, 1.165) is 0 Å². The van der Waals surface area contributed by atoms with E-state index in [-0.39, 0.29) is 16.2 Å². The van der Waals surface area contributed by atoms with Gasteiger partial charge in [0.2, 0.25) is 0 Å². The third kappa shape index (κ3) is 2.24. The Hall–Kier alpha value is -2.03. The smallest absolute Gasteiger partial charge is 0.266 e. The summed E-state index contributed by atoms with van der Waals surface area (Å²) < 4.78 is 61.2. The third-order valence-electron chi connectivity index (χ3n) is 2.55. The molecule has 0 saturated heterocycles. The number of hydrogen-bond acceptors (Lipinski definition) is 3. The Morgan fingerprint density at radius 3 is 1.80 bits per heavy atom. The van der Waals surface area contributed by atoms with Crippen molar-refractivity contribution in [2.24, 2.45) is 0 Å². The monoisotopic (exact) mass is 295 g/mol. The number of rotatable bonds is 3. The summed E-state index contributed by atoms with van der Waals surface area (Å²) in [7, 11) is 0. The van der Waals surface area contributed by atoms with Crippen molar-refractivity contribution in [1.82, 2.24) is 5.06 Å². The van der Waals surface area contributed by atoms with E-state index in [9.17, 15) is 31.5 Å². The molecule has 0 fully saturated rings. The summed E-state index contributed by atoms with van der Waals surface area (Å²) in [6.45, 7) is -2.15. The fourth-order valence-corrected chi connectivity index (χ4v) is 1.51. The quantitative estimate of drug-likeness (QED) is 0.635. The average Bonchev–Trinajstić information content (AvgIpc) is 2.59. The van der Waals surface area contributed by atoms with Gasteiger partial charge in [0.25, 0.3) is 11.8 Å². The van der Waals surface area contributed by atoms with Crippen LogP contribution >= 0.6 is 0 Å². The minimum Gasteiger partial charge on any atom is -0.266 e. The Bertz CT molecular complexity index is 534. The van der Waals surface area contributed by atoms with Crippen LogP contribution in [-0.4, -0.2) is 35.6 Å². The molecular formula is C11H6F5NO3. The normalized spacial score (nSPS) is 15.8. The molecule has 0 aromatic heterocycles. The molecule has 0 spiro atoms. The SMILES string of the molecule is O=C1c2ccccc2C(=O)N1OCC(F)(F)C(F)(F)F. The number of alkyl halides is 5. The number of hydrogen-bond donors (Lipinski definition) is 0. The highest BCUT2D eigenvalue weighted by Crippen LogP contribution is 2.36. The molecule has 0 aliphatic carbocycles. The first-order valence-electron chi connectivity index (χ1n) is 5.20. The summed E-state index contributed by atoms with van der Waals surface area (Å²) in [5.41, 5.74) is -0.236. The van der Waals surface area contributed by atoms with Crippen molar-refractivity contribution >= 4 is 11.8 Å². The molecular weight excluding hydrogens is 289 g/mol. The Labute approximate surface area is 108 Å². The van der Waals surface area contributed by atoms with Gasteiger partial charge in [-0.3, -0.25) is 14.4 Å². The van der Waals surface area contributed by atoms with Crippen LogP contribution in [0.2, 0.25) is 0 Å². The van der Waals surface area contributed by atoms with Gasteiger partial charge in [0.05, 0.1) is 11.1 Å². The second kappa shape index (κ2) is 4.51. The zero-order chi connectivity index (χ0) is 15.1. The van der Waals surface area contributed by atoms with Crippen LogP contribution in [0.4, 0.5) is 22.0 Å². The standard InChI is InChI=1S/C11H6F5NO3/c12-10(13,11(14,15)16)5-20-17-8(18)6-3-1-2-4-7(6)9(17)19/h1-4H,5H2. The first kappa shape index (κ1) is 14.4. The van der Waals surface area contributed by atoms with E-state index in [4.69, 9.17) is 0 Å².